The van der Waals surface area contributed by atoms with Gasteiger partial charge in [-0.2, -0.15) is 0 Å². The standard InChI is InChI=1S/C20H28N4O3/c1-21-20(24-13-7-14-26-16-18-10-5-15-27-18)23-12-6-11-22-19(25)17-8-3-2-4-9-17/h2-5,8-10,15H,6-7,11-14,16H2,1H3,(H,22,25)(H2,21,23,24). The second-order valence-corrected chi connectivity index (χ2v) is 5.89. The summed E-state index contributed by atoms with van der Waals surface area (Å²) in [4.78, 5) is 16.1. The Bertz CT molecular complexity index is 672. The van der Waals surface area contributed by atoms with E-state index in [1.807, 2.05) is 30.3 Å². The zero-order valence-corrected chi connectivity index (χ0v) is 15.7. The molecule has 0 bridgehead atoms. The Balaban J connectivity index is 1.47. The van der Waals surface area contributed by atoms with Gasteiger partial charge in [-0.25, -0.2) is 0 Å². The highest BCUT2D eigenvalue weighted by atomic mass is 16.5. The first-order valence-corrected chi connectivity index (χ1v) is 9.17. The van der Waals surface area contributed by atoms with Gasteiger partial charge in [-0.1, -0.05) is 18.2 Å². The maximum atomic E-state index is 11.9. The molecule has 0 radical (unpaired) electrons. The molecule has 0 saturated carbocycles. The van der Waals surface area contributed by atoms with Crippen molar-refractivity contribution in [3.63, 3.8) is 0 Å². The highest BCUT2D eigenvalue weighted by molar-refractivity contribution is 5.94. The number of hydrogen-bond acceptors (Lipinski definition) is 4. The fourth-order valence-electron chi connectivity index (χ4n) is 2.36. The van der Waals surface area contributed by atoms with Crippen LogP contribution in [0.5, 0.6) is 0 Å². The highest BCUT2D eigenvalue weighted by Gasteiger charge is 2.03. The summed E-state index contributed by atoms with van der Waals surface area (Å²) >= 11 is 0. The van der Waals surface area contributed by atoms with Gasteiger partial charge in [-0.3, -0.25) is 9.79 Å². The van der Waals surface area contributed by atoms with Gasteiger partial charge in [-0.15, -0.1) is 0 Å². The third-order valence-corrected chi connectivity index (χ3v) is 3.77. The summed E-state index contributed by atoms with van der Waals surface area (Å²) in [6, 6.07) is 13.0. The van der Waals surface area contributed by atoms with Gasteiger partial charge in [0, 0.05) is 38.9 Å². The summed E-state index contributed by atoms with van der Waals surface area (Å²) in [7, 11) is 1.74. The third kappa shape index (κ3) is 8.42. The predicted molar refractivity (Wildman–Crippen MR) is 106 cm³/mol. The summed E-state index contributed by atoms with van der Waals surface area (Å²) in [6.07, 6.45) is 3.32. The van der Waals surface area contributed by atoms with Crippen molar-refractivity contribution in [2.75, 3.05) is 33.3 Å². The lowest BCUT2D eigenvalue weighted by atomic mass is 10.2. The fourth-order valence-corrected chi connectivity index (χ4v) is 2.36. The molecule has 1 aromatic heterocycles. The minimum atomic E-state index is -0.0485. The van der Waals surface area contributed by atoms with Crippen LogP contribution in [0, 0.1) is 0 Å². The topological polar surface area (TPSA) is 87.9 Å². The van der Waals surface area contributed by atoms with Gasteiger partial charge >= 0.3 is 0 Å². The Morgan fingerprint density at radius 1 is 1.00 bits per heavy atom. The number of nitrogens with one attached hydrogen (secondary N) is 3. The molecule has 0 aliphatic heterocycles. The number of carbonyl (C=O) groups is 1. The van der Waals surface area contributed by atoms with Crippen LogP contribution in [0.3, 0.4) is 0 Å². The maximum Gasteiger partial charge on any atom is 0.251 e. The predicted octanol–water partition coefficient (Wildman–Crippen LogP) is 2.17. The molecule has 7 heteroatoms. The average molecular weight is 372 g/mol. The highest BCUT2D eigenvalue weighted by Crippen LogP contribution is 2.01. The summed E-state index contributed by atoms with van der Waals surface area (Å²) < 4.78 is 10.7. The normalized spacial score (nSPS) is 11.2. The van der Waals surface area contributed by atoms with E-state index in [2.05, 4.69) is 20.9 Å². The molecular weight excluding hydrogens is 344 g/mol. The van der Waals surface area contributed by atoms with Crippen molar-refractivity contribution < 1.29 is 13.9 Å². The molecule has 2 rings (SSSR count). The number of nitrogens with zero attached hydrogens (tertiary/aromatic N) is 1. The molecule has 3 N–H and O–H groups in total. The van der Waals surface area contributed by atoms with E-state index in [1.54, 1.807) is 25.4 Å². The first-order chi connectivity index (χ1) is 13.3. The van der Waals surface area contributed by atoms with Gasteiger partial charge < -0.3 is 25.1 Å². The molecule has 0 saturated heterocycles. The molecule has 0 unspecified atom stereocenters. The number of carbonyl (C=O) groups excluding carboxylic acids is 1. The van der Waals surface area contributed by atoms with Crippen LogP contribution in [0.4, 0.5) is 0 Å². The van der Waals surface area contributed by atoms with E-state index in [1.165, 1.54) is 0 Å². The van der Waals surface area contributed by atoms with E-state index in [0.29, 0.717) is 25.3 Å². The van der Waals surface area contributed by atoms with E-state index in [0.717, 1.165) is 37.7 Å². The van der Waals surface area contributed by atoms with Crippen LogP contribution < -0.4 is 16.0 Å². The summed E-state index contributed by atoms with van der Waals surface area (Å²) in [6.45, 7) is 3.25. The Morgan fingerprint density at radius 2 is 1.74 bits per heavy atom. The van der Waals surface area contributed by atoms with Gasteiger partial charge in [0.15, 0.2) is 5.96 Å². The third-order valence-electron chi connectivity index (χ3n) is 3.77. The van der Waals surface area contributed by atoms with Crippen LogP contribution in [0.1, 0.15) is 29.0 Å². The van der Waals surface area contributed by atoms with Crippen LogP contribution in [0.2, 0.25) is 0 Å². The number of aliphatic imine (C=N–C) groups is 1. The quantitative estimate of drug-likeness (QED) is 0.320. The molecule has 1 aromatic carbocycles. The molecule has 0 atom stereocenters. The molecule has 0 aliphatic carbocycles. The molecule has 1 amide bonds. The smallest absolute Gasteiger partial charge is 0.251 e. The number of amides is 1. The lowest BCUT2D eigenvalue weighted by molar-refractivity contribution is 0.0953. The minimum absolute atomic E-state index is 0.0485. The summed E-state index contributed by atoms with van der Waals surface area (Å²) in [5.41, 5.74) is 0.678. The molecule has 0 spiro atoms. The lowest BCUT2D eigenvalue weighted by Gasteiger charge is -2.12. The fraction of sp³-hybridized carbons (Fsp3) is 0.400. The van der Waals surface area contributed by atoms with Gasteiger partial charge in [0.25, 0.3) is 5.91 Å². The first-order valence-electron chi connectivity index (χ1n) is 9.17. The van der Waals surface area contributed by atoms with Crippen molar-refractivity contribution >= 4 is 11.9 Å². The van der Waals surface area contributed by atoms with Gasteiger partial charge in [0.05, 0.1) is 6.26 Å². The summed E-state index contributed by atoms with van der Waals surface area (Å²) in [5, 5.41) is 9.37. The van der Waals surface area contributed by atoms with E-state index in [-0.39, 0.29) is 5.91 Å². The van der Waals surface area contributed by atoms with Crippen molar-refractivity contribution in [3.05, 3.63) is 60.1 Å². The Labute approximate surface area is 160 Å². The van der Waals surface area contributed by atoms with Crippen LogP contribution >= 0.6 is 0 Å². The van der Waals surface area contributed by atoms with E-state index < -0.39 is 0 Å². The number of hydrogen-bond donors (Lipinski definition) is 3. The molecule has 1 heterocycles. The van der Waals surface area contributed by atoms with Crippen LogP contribution in [0.25, 0.3) is 0 Å². The molecule has 7 nitrogen and oxygen atoms in total. The lowest BCUT2D eigenvalue weighted by Crippen LogP contribution is -2.39. The number of ether oxygens (including phenoxy) is 1. The molecule has 2 aromatic rings. The van der Waals surface area contributed by atoms with Crippen molar-refractivity contribution in [1.82, 2.24) is 16.0 Å². The van der Waals surface area contributed by atoms with Crippen LogP contribution in [0.15, 0.2) is 58.1 Å². The molecule has 0 aliphatic rings. The van der Waals surface area contributed by atoms with E-state index in [9.17, 15) is 4.79 Å². The zero-order chi connectivity index (χ0) is 19.2. The average Bonchev–Trinajstić information content (AvgIpc) is 3.22. The molecular formula is C20H28N4O3. The Hall–Kier alpha value is -2.80. The second-order valence-electron chi connectivity index (χ2n) is 5.89. The van der Waals surface area contributed by atoms with Crippen molar-refractivity contribution in [1.29, 1.82) is 0 Å². The number of rotatable bonds is 11. The van der Waals surface area contributed by atoms with E-state index in [4.69, 9.17) is 9.15 Å². The number of guanidine groups is 1. The SMILES string of the molecule is CN=C(NCCCNC(=O)c1ccccc1)NCCCOCc1ccco1. The van der Waals surface area contributed by atoms with Gasteiger partial charge in [0.1, 0.15) is 12.4 Å². The summed E-state index contributed by atoms with van der Waals surface area (Å²) in [5.74, 6) is 1.53. The second kappa shape index (κ2) is 12.5. The Kier molecular flexibility index (Phi) is 9.52. The molecule has 146 valence electrons. The number of benzene rings is 1. The van der Waals surface area contributed by atoms with Gasteiger partial charge in [-0.05, 0) is 37.1 Å². The maximum absolute atomic E-state index is 11.9. The minimum Gasteiger partial charge on any atom is -0.467 e. The van der Waals surface area contributed by atoms with E-state index >= 15 is 0 Å². The van der Waals surface area contributed by atoms with Crippen LogP contribution in [-0.4, -0.2) is 45.2 Å². The number of furan rings is 1. The zero-order valence-electron chi connectivity index (χ0n) is 15.7. The van der Waals surface area contributed by atoms with Crippen molar-refractivity contribution in [3.8, 4) is 0 Å². The van der Waals surface area contributed by atoms with Gasteiger partial charge in [0.2, 0.25) is 0 Å². The molecule has 27 heavy (non-hydrogen) atoms. The van der Waals surface area contributed by atoms with Crippen molar-refractivity contribution in [2.45, 2.75) is 19.4 Å². The first kappa shape index (κ1) is 20.5. The van der Waals surface area contributed by atoms with Crippen LogP contribution in [-0.2, 0) is 11.3 Å². The monoisotopic (exact) mass is 372 g/mol. The van der Waals surface area contributed by atoms with Crippen molar-refractivity contribution in [2.24, 2.45) is 4.99 Å². The Morgan fingerprint density at radius 3 is 2.44 bits per heavy atom. The molecule has 0 fully saturated rings. The largest absolute Gasteiger partial charge is 0.467 e.